The van der Waals surface area contributed by atoms with E-state index >= 15 is 0 Å². The molecule has 5 heteroatoms. The van der Waals surface area contributed by atoms with Crippen LogP contribution >= 0.6 is 12.2 Å². The number of benzene rings is 2. The molecule has 0 fully saturated rings. The number of nitrogens with zero attached hydrogens (tertiary/aromatic N) is 3. The first kappa shape index (κ1) is 16.3. The zero-order chi connectivity index (χ0) is 17.1. The Hall–Kier alpha value is -2.53. The SMILES string of the molecule is Cc1ccccc1-c1n[nH]c(=S)n1N=Cc1ccc(C(C)C)cc1. The van der Waals surface area contributed by atoms with Gasteiger partial charge in [-0.05, 0) is 41.7 Å². The van der Waals surface area contributed by atoms with E-state index in [1.54, 1.807) is 10.9 Å². The van der Waals surface area contributed by atoms with Crippen LogP contribution in [0.15, 0.2) is 53.6 Å². The Labute approximate surface area is 146 Å². The van der Waals surface area contributed by atoms with Gasteiger partial charge < -0.3 is 0 Å². The Morgan fingerprint density at radius 2 is 1.83 bits per heavy atom. The summed E-state index contributed by atoms with van der Waals surface area (Å²) >= 11 is 5.32. The van der Waals surface area contributed by atoms with Crippen molar-refractivity contribution in [2.45, 2.75) is 26.7 Å². The van der Waals surface area contributed by atoms with Crippen molar-refractivity contribution in [3.05, 3.63) is 70.0 Å². The molecule has 0 aliphatic carbocycles. The van der Waals surface area contributed by atoms with Gasteiger partial charge in [0, 0.05) is 5.56 Å². The van der Waals surface area contributed by atoms with E-state index in [1.165, 1.54) is 5.56 Å². The lowest BCUT2D eigenvalue weighted by atomic mass is 10.0. The molecule has 2 aromatic carbocycles. The molecule has 122 valence electrons. The Bertz CT molecular complexity index is 917. The van der Waals surface area contributed by atoms with Crippen LogP contribution in [-0.2, 0) is 0 Å². The standard InChI is InChI=1S/C19H20N4S/c1-13(2)16-10-8-15(9-11-16)12-20-23-18(21-22-19(23)24)17-7-5-4-6-14(17)3/h4-13H,1-3H3,(H,22,24). The van der Waals surface area contributed by atoms with E-state index in [1.807, 2.05) is 31.2 Å². The summed E-state index contributed by atoms with van der Waals surface area (Å²) in [5, 5.41) is 11.7. The highest BCUT2D eigenvalue weighted by Gasteiger charge is 2.10. The van der Waals surface area contributed by atoms with Crippen molar-refractivity contribution in [2.75, 3.05) is 0 Å². The van der Waals surface area contributed by atoms with Gasteiger partial charge in [-0.15, -0.1) is 0 Å². The number of hydrogen-bond acceptors (Lipinski definition) is 3. The number of hydrogen-bond donors (Lipinski definition) is 1. The molecular weight excluding hydrogens is 316 g/mol. The number of nitrogens with one attached hydrogen (secondary N) is 1. The molecule has 0 atom stereocenters. The monoisotopic (exact) mass is 336 g/mol. The molecule has 0 spiro atoms. The zero-order valence-electron chi connectivity index (χ0n) is 14.0. The number of aromatic nitrogens is 3. The second-order valence-corrected chi connectivity index (χ2v) is 6.43. The maximum absolute atomic E-state index is 5.32. The minimum absolute atomic E-state index is 0.475. The Morgan fingerprint density at radius 3 is 2.50 bits per heavy atom. The summed E-state index contributed by atoms with van der Waals surface area (Å²) in [5.41, 5.74) is 4.48. The van der Waals surface area contributed by atoms with Crippen molar-refractivity contribution in [1.29, 1.82) is 0 Å². The lowest BCUT2D eigenvalue weighted by molar-refractivity contribution is 0.865. The minimum atomic E-state index is 0.475. The van der Waals surface area contributed by atoms with Crippen LogP contribution < -0.4 is 0 Å². The second-order valence-electron chi connectivity index (χ2n) is 6.05. The van der Waals surface area contributed by atoms with E-state index in [9.17, 15) is 0 Å². The summed E-state index contributed by atoms with van der Waals surface area (Å²) in [7, 11) is 0. The van der Waals surface area contributed by atoms with Crippen LogP contribution in [0.5, 0.6) is 0 Å². The average Bonchev–Trinajstić information content (AvgIpc) is 2.94. The van der Waals surface area contributed by atoms with Gasteiger partial charge in [-0.1, -0.05) is 62.4 Å². The van der Waals surface area contributed by atoms with Crippen LogP contribution in [0.3, 0.4) is 0 Å². The predicted octanol–water partition coefficient (Wildman–Crippen LogP) is 4.92. The average molecular weight is 336 g/mol. The van der Waals surface area contributed by atoms with Gasteiger partial charge in [0.2, 0.25) is 4.77 Å². The number of rotatable bonds is 4. The van der Waals surface area contributed by atoms with Gasteiger partial charge in [0.1, 0.15) is 0 Å². The molecule has 0 radical (unpaired) electrons. The summed E-state index contributed by atoms with van der Waals surface area (Å²) in [6.45, 7) is 6.41. The highest BCUT2D eigenvalue weighted by molar-refractivity contribution is 7.71. The maximum atomic E-state index is 5.32. The van der Waals surface area contributed by atoms with Gasteiger partial charge in [0.25, 0.3) is 0 Å². The normalized spacial score (nSPS) is 11.5. The molecule has 0 saturated heterocycles. The molecule has 0 saturated carbocycles. The summed E-state index contributed by atoms with van der Waals surface area (Å²) in [5.74, 6) is 1.24. The molecule has 3 rings (SSSR count). The molecular formula is C19H20N4S. The molecule has 24 heavy (non-hydrogen) atoms. The molecule has 0 bridgehead atoms. The van der Waals surface area contributed by atoms with E-state index in [2.05, 4.69) is 53.4 Å². The van der Waals surface area contributed by atoms with Crippen molar-refractivity contribution < 1.29 is 0 Å². The Kier molecular flexibility index (Phi) is 4.71. The molecule has 0 amide bonds. The van der Waals surface area contributed by atoms with E-state index in [0.29, 0.717) is 16.5 Å². The quantitative estimate of drug-likeness (QED) is 0.543. The Balaban J connectivity index is 1.95. The second kappa shape index (κ2) is 6.93. The van der Waals surface area contributed by atoms with Gasteiger partial charge in [0.15, 0.2) is 5.82 Å². The summed E-state index contributed by atoms with van der Waals surface area (Å²) < 4.78 is 2.14. The van der Waals surface area contributed by atoms with Crippen LogP contribution in [0.4, 0.5) is 0 Å². The van der Waals surface area contributed by atoms with Crippen molar-refractivity contribution >= 4 is 18.4 Å². The molecule has 4 nitrogen and oxygen atoms in total. The zero-order valence-corrected chi connectivity index (χ0v) is 14.8. The molecule has 0 aliphatic rings. The topological polar surface area (TPSA) is 46.0 Å². The number of H-pyrrole nitrogens is 1. The van der Waals surface area contributed by atoms with E-state index < -0.39 is 0 Å². The van der Waals surface area contributed by atoms with Gasteiger partial charge in [-0.3, -0.25) is 0 Å². The first-order valence-corrected chi connectivity index (χ1v) is 8.35. The molecule has 1 heterocycles. The van der Waals surface area contributed by atoms with E-state index in [-0.39, 0.29) is 0 Å². The van der Waals surface area contributed by atoms with Crippen LogP contribution in [0.2, 0.25) is 0 Å². The van der Waals surface area contributed by atoms with Crippen LogP contribution in [0, 0.1) is 11.7 Å². The van der Waals surface area contributed by atoms with Gasteiger partial charge in [0.05, 0.1) is 6.21 Å². The minimum Gasteiger partial charge on any atom is -0.250 e. The van der Waals surface area contributed by atoms with Crippen molar-refractivity contribution in [2.24, 2.45) is 5.10 Å². The third kappa shape index (κ3) is 3.36. The summed E-state index contributed by atoms with van der Waals surface area (Å²) in [6.07, 6.45) is 1.80. The first-order valence-electron chi connectivity index (χ1n) is 7.94. The fourth-order valence-electron chi connectivity index (χ4n) is 2.49. The molecule has 3 aromatic rings. The summed E-state index contributed by atoms with van der Waals surface area (Å²) in [4.78, 5) is 0. The first-order chi connectivity index (χ1) is 11.6. The van der Waals surface area contributed by atoms with Gasteiger partial charge in [-0.2, -0.15) is 14.9 Å². The van der Waals surface area contributed by atoms with Crippen LogP contribution in [-0.4, -0.2) is 21.1 Å². The highest BCUT2D eigenvalue weighted by Crippen LogP contribution is 2.21. The lowest BCUT2D eigenvalue weighted by Gasteiger charge is -2.05. The van der Waals surface area contributed by atoms with Crippen molar-refractivity contribution in [1.82, 2.24) is 14.9 Å². The number of aromatic amines is 1. The Morgan fingerprint density at radius 1 is 1.12 bits per heavy atom. The molecule has 0 aliphatic heterocycles. The fourth-order valence-corrected chi connectivity index (χ4v) is 2.67. The predicted molar refractivity (Wildman–Crippen MR) is 101 cm³/mol. The van der Waals surface area contributed by atoms with Crippen LogP contribution in [0.1, 0.15) is 36.5 Å². The van der Waals surface area contributed by atoms with Gasteiger partial charge >= 0.3 is 0 Å². The lowest BCUT2D eigenvalue weighted by Crippen LogP contribution is -1.96. The van der Waals surface area contributed by atoms with Crippen molar-refractivity contribution in [3.8, 4) is 11.4 Å². The van der Waals surface area contributed by atoms with E-state index in [4.69, 9.17) is 12.2 Å². The van der Waals surface area contributed by atoms with Crippen LogP contribution in [0.25, 0.3) is 11.4 Å². The summed E-state index contributed by atoms with van der Waals surface area (Å²) in [6, 6.07) is 16.4. The third-order valence-electron chi connectivity index (χ3n) is 3.96. The molecule has 1 aromatic heterocycles. The number of aryl methyl sites for hydroxylation is 1. The van der Waals surface area contributed by atoms with Crippen molar-refractivity contribution in [3.63, 3.8) is 0 Å². The fraction of sp³-hybridized carbons (Fsp3) is 0.211. The molecule has 1 N–H and O–H groups in total. The largest absolute Gasteiger partial charge is 0.250 e. The maximum Gasteiger partial charge on any atom is 0.216 e. The molecule has 0 unspecified atom stereocenters. The smallest absolute Gasteiger partial charge is 0.216 e. The third-order valence-corrected chi connectivity index (χ3v) is 4.23. The van der Waals surface area contributed by atoms with E-state index in [0.717, 1.165) is 16.7 Å². The van der Waals surface area contributed by atoms with Gasteiger partial charge in [-0.25, -0.2) is 5.10 Å². The highest BCUT2D eigenvalue weighted by atomic mass is 32.1.